The normalized spacial score (nSPS) is 17.1. The molecule has 3 aromatic rings. The number of Topliss-reactive ketones (excluding diaryl/α,β-unsaturated/α-hetero) is 1. The van der Waals surface area contributed by atoms with Gasteiger partial charge in [0.1, 0.15) is 50.0 Å². The number of aryl methyl sites for hydroxylation is 1. The minimum atomic E-state index is -3.92. The smallest absolute Gasteiger partial charge is 0.311 e. The highest BCUT2D eigenvalue weighted by Crippen LogP contribution is 2.32. The highest BCUT2D eigenvalue weighted by molar-refractivity contribution is 7.84. The molecule has 4 N–H and O–H groups in total. The van der Waals surface area contributed by atoms with Crippen LogP contribution >= 0.6 is 0 Å². The van der Waals surface area contributed by atoms with E-state index in [1.165, 1.54) is 0 Å². The van der Waals surface area contributed by atoms with Crippen LogP contribution in [0.4, 0.5) is 0 Å². The molecule has 0 bridgehead atoms. The van der Waals surface area contributed by atoms with Crippen molar-refractivity contribution in [2.75, 3.05) is 52.3 Å². The number of morpholine rings is 1. The number of esters is 1. The molecule has 3 aromatic carbocycles. The molecule has 2 aliphatic heterocycles. The molecular formula is C59H83N5O13S. The Bertz CT molecular complexity index is 2550. The Hall–Kier alpha value is -6.17. The van der Waals surface area contributed by atoms with Crippen LogP contribution in [0.2, 0.25) is 0 Å². The lowest BCUT2D eigenvalue weighted by Gasteiger charge is -2.41. The van der Waals surface area contributed by atoms with E-state index in [9.17, 15) is 28.8 Å². The standard InChI is InChI=1S/C58H79N5O10.CH4O3S/c1-8-10-11-12-19-24-53(65)73-50-28-26-45(37-51(50)71-31-9-2)38-63(29-32-70-33-30-63)39-52(64)59-46(27-25-43-20-15-13-16-21-43)55(67)61-48(35-42(5)6)56(68)62-49(36-44-22-17-14-18-23-44)57(69)60-47(34-41(3)4)54(66)58(7)40-72-58;1-5(2,3)4/h2,13-18,20-23,26,28,37,41-42,46-49H,8,10-12,19,24-25,27,29-36,38-40H2,1,3-7H3,(H3-,59,60,61,62,64,67,68,69);1H3,(H,2,3,4)/t46?,47?,48?,49?,58-;/m1./s1. The van der Waals surface area contributed by atoms with Crippen molar-refractivity contribution in [1.82, 2.24) is 21.3 Å². The van der Waals surface area contributed by atoms with Crippen molar-refractivity contribution in [2.45, 2.75) is 148 Å². The molecule has 5 rings (SSSR count). The largest absolute Gasteiger partial charge is 0.748 e. The third kappa shape index (κ3) is 23.8. The Morgan fingerprint density at radius 1 is 0.744 bits per heavy atom. The quantitative estimate of drug-likeness (QED) is 0.0114. The van der Waals surface area contributed by atoms with Gasteiger partial charge in [-0.3, -0.25) is 28.8 Å². The fraction of sp³-hybridized carbons (Fsp3) is 0.559. The number of carbonyl (C=O) groups excluding carboxylic acids is 6. The maximum atomic E-state index is 14.6. The van der Waals surface area contributed by atoms with Crippen molar-refractivity contribution in [2.24, 2.45) is 11.8 Å². The van der Waals surface area contributed by atoms with Gasteiger partial charge in [-0.15, -0.1) is 6.42 Å². The monoisotopic (exact) mass is 1100 g/mol. The van der Waals surface area contributed by atoms with Crippen molar-refractivity contribution < 1.29 is 65.2 Å². The molecule has 2 heterocycles. The van der Waals surface area contributed by atoms with Crippen LogP contribution in [0.15, 0.2) is 78.9 Å². The summed E-state index contributed by atoms with van der Waals surface area (Å²) in [4.78, 5) is 84.1. The summed E-state index contributed by atoms with van der Waals surface area (Å²) in [5.41, 5.74) is 1.63. The molecule has 0 spiro atoms. The first-order chi connectivity index (χ1) is 37.0. The van der Waals surface area contributed by atoms with Gasteiger partial charge in [-0.25, -0.2) is 8.42 Å². The van der Waals surface area contributed by atoms with E-state index in [1.54, 1.807) is 19.1 Å². The fourth-order valence-electron chi connectivity index (χ4n) is 9.17. The SMILES string of the molecule is C#CCOc1cc(C[N+]2(CC(=O)NC(CCc3ccccc3)C(=O)NC(CC(C)C)C(=O)NC(Cc3ccccc3)C(=O)NC(CC(C)C)C(=O)[C@@]3(C)CO3)CCOCC2)ccc1OC(=O)CCCCCCC.CS(=O)(=O)[O-]. The summed E-state index contributed by atoms with van der Waals surface area (Å²) in [5, 5.41) is 11.9. The van der Waals surface area contributed by atoms with Gasteiger partial charge in [-0.1, -0.05) is 127 Å². The van der Waals surface area contributed by atoms with Crippen LogP contribution in [0.3, 0.4) is 0 Å². The van der Waals surface area contributed by atoms with Crippen molar-refractivity contribution in [3.63, 3.8) is 0 Å². The predicted octanol–water partition coefficient (Wildman–Crippen LogP) is 5.74. The van der Waals surface area contributed by atoms with Crippen LogP contribution in [0, 0.1) is 24.2 Å². The molecule has 0 aromatic heterocycles. The predicted molar refractivity (Wildman–Crippen MR) is 296 cm³/mol. The maximum Gasteiger partial charge on any atom is 0.311 e. The first-order valence-electron chi connectivity index (χ1n) is 27.2. The van der Waals surface area contributed by atoms with Crippen molar-refractivity contribution in [3.05, 3.63) is 95.6 Å². The van der Waals surface area contributed by atoms with Crippen LogP contribution in [-0.4, -0.2) is 135 Å². The van der Waals surface area contributed by atoms with Crippen LogP contribution in [-0.2, 0) is 67.7 Å². The average Bonchev–Trinajstić information content (AvgIpc) is 4.17. The highest BCUT2D eigenvalue weighted by atomic mass is 32.2. The summed E-state index contributed by atoms with van der Waals surface area (Å²) in [6, 6.07) is 20.3. The molecule has 428 valence electrons. The minimum Gasteiger partial charge on any atom is -0.748 e. The molecule has 4 amide bonds. The zero-order valence-electron chi connectivity index (χ0n) is 46.6. The number of amides is 4. The van der Waals surface area contributed by atoms with E-state index in [1.807, 2.05) is 94.4 Å². The number of rotatable bonds is 31. The first-order valence-corrected chi connectivity index (χ1v) is 29.0. The van der Waals surface area contributed by atoms with Crippen LogP contribution in [0.1, 0.15) is 116 Å². The number of ketones is 1. The van der Waals surface area contributed by atoms with E-state index >= 15 is 0 Å². The number of ether oxygens (including phenoxy) is 4. The Balaban J connectivity index is 0.00000250. The zero-order chi connectivity index (χ0) is 57.3. The number of epoxide rings is 1. The molecule has 5 atom stereocenters. The van der Waals surface area contributed by atoms with E-state index in [0.29, 0.717) is 68.6 Å². The molecule has 18 nitrogen and oxygen atoms in total. The lowest BCUT2D eigenvalue weighted by atomic mass is 9.93. The molecule has 78 heavy (non-hydrogen) atoms. The third-order valence-electron chi connectivity index (χ3n) is 13.4. The van der Waals surface area contributed by atoms with Gasteiger partial charge in [0.25, 0.3) is 5.91 Å². The zero-order valence-corrected chi connectivity index (χ0v) is 47.5. The van der Waals surface area contributed by atoms with Gasteiger partial charge < -0.3 is 49.3 Å². The molecule has 2 saturated heterocycles. The molecule has 19 heteroatoms. The average molecular weight is 1100 g/mol. The molecule has 2 aliphatic rings. The number of nitrogens with zero attached hydrogens (tertiary/aromatic N) is 1. The molecule has 0 aliphatic carbocycles. The van der Waals surface area contributed by atoms with E-state index in [2.05, 4.69) is 34.1 Å². The molecule has 0 radical (unpaired) electrons. The van der Waals surface area contributed by atoms with Crippen LogP contribution in [0.25, 0.3) is 0 Å². The number of hydrogen-bond acceptors (Lipinski definition) is 13. The van der Waals surface area contributed by atoms with Crippen molar-refractivity contribution in [3.8, 4) is 23.8 Å². The number of hydrogen-bond donors (Lipinski definition) is 4. The summed E-state index contributed by atoms with van der Waals surface area (Å²) < 4.78 is 50.4. The molecule has 0 saturated carbocycles. The topological polar surface area (TPSA) is 248 Å². The second-order valence-corrected chi connectivity index (χ2v) is 22.9. The molecule has 2 fully saturated rings. The Kier molecular flexibility index (Phi) is 26.4. The minimum absolute atomic E-state index is 0.0194. The maximum absolute atomic E-state index is 14.6. The van der Waals surface area contributed by atoms with Gasteiger partial charge in [0.15, 0.2) is 23.8 Å². The van der Waals surface area contributed by atoms with Gasteiger partial charge in [0, 0.05) is 24.7 Å². The molecule has 4 unspecified atom stereocenters. The second kappa shape index (κ2) is 32.0. The third-order valence-corrected chi connectivity index (χ3v) is 13.4. The number of unbranched alkanes of at least 4 members (excludes halogenated alkanes) is 4. The number of carbonyl (C=O) groups is 6. The lowest BCUT2D eigenvalue weighted by Crippen LogP contribution is -2.61. The van der Waals surface area contributed by atoms with E-state index in [-0.39, 0.29) is 74.3 Å². The first kappa shape index (κ1) is 64.4. The van der Waals surface area contributed by atoms with Gasteiger partial charge in [-0.05, 0) is 80.2 Å². The summed E-state index contributed by atoms with van der Waals surface area (Å²) in [7, 11) is -3.92. The van der Waals surface area contributed by atoms with Crippen LogP contribution in [0.5, 0.6) is 11.5 Å². The summed E-state index contributed by atoms with van der Waals surface area (Å²) in [5.74, 6) is 0.568. The number of terminal acetylenes is 1. The number of quaternary nitrogens is 1. The van der Waals surface area contributed by atoms with Crippen LogP contribution < -0.4 is 30.7 Å². The number of benzene rings is 3. The highest BCUT2D eigenvalue weighted by Gasteiger charge is 2.50. The molecular weight excluding hydrogens is 1020 g/mol. The Morgan fingerprint density at radius 2 is 1.29 bits per heavy atom. The Labute approximate surface area is 462 Å². The lowest BCUT2D eigenvalue weighted by molar-refractivity contribution is -0.940. The summed E-state index contributed by atoms with van der Waals surface area (Å²) >= 11 is 0. The van der Waals surface area contributed by atoms with Gasteiger partial charge in [-0.2, -0.15) is 0 Å². The van der Waals surface area contributed by atoms with E-state index < -0.39 is 57.6 Å². The second-order valence-electron chi connectivity index (χ2n) is 21.5. The summed E-state index contributed by atoms with van der Waals surface area (Å²) in [6.07, 6.45) is 12.9. The summed E-state index contributed by atoms with van der Waals surface area (Å²) in [6.45, 7) is 14.2. The fourth-order valence-corrected chi connectivity index (χ4v) is 9.17. The van der Waals surface area contributed by atoms with Crippen molar-refractivity contribution >= 4 is 45.5 Å². The number of nitrogens with one attached hydrogen (secondary N) is 4. The van der Waals surface area contributed by atoms with Crippen molar-refractivity contribution in [1.29, 1.82) is 0 Å². The Morgan fingerprint density at radius 3 is 1.88 bits per heavy atom. The van der Waals surface area contributed by atoms with Gasteiger partial charge in [0.2, 0.25) is 17.7 Å². The van der Waals surface area contributed by atoms with E-state index in [4.69, 9.17) is 38.3 Å². The van der Waals surface area contributed by atoms with Gasteiger partial charge in [0.05, 0.1) is 36.0 Å². The van der Waals surface area contributed by atoms with E-state index in [0.717, 1.165) is 48.8 Å². The van der Waals surface area contributed by atoms with Gasteiger partial charge >= 0.3 is 5.97 Å².